The van der Waals surface area contributed by atoms with Gasteiger partial charge in [-0.15, -0.1) is 0 Å². The van der Waals surface area contributed by atoms with E-state index in [1.165, 1.54) is 16.7 Å². The fourth-order valence-electron chi connectivity index (χ4n) is 3.23. The number of allylic oxidation sites excluding steroid dienone is 2. The van der Waals surface area contributed by atoms with Crippen LogP contribution in [0.15, 0.2) is 42.0 Å². The van der Waals surface area contributed by atoms with E-state index in [1.54, 1.807) is 0 Å². The van der Waals surface area contributed by atoms with Crippen molar-refractivity contribution in [3.8, 4) is 0 Å². The molecule has 0 saturated carbocycles. The summed E-state index contributed by atoms with van der Waals surface area (Å²) in [4.78, 5) is 0. The summed E-state index contributed by atoms with van der Waals surface area (Å²) in [6, 6.07) is 8.58. The summed E-state index contributed by atoms with van der Waals surface area (Å²) in [5.41, 5.74) is 16.8. The van der Waals surface area contributed by atoms with Crippen LogP contribution in [0.3, 0.4) is 0 Å². The second-order valence-corrected chi connectivity index (χ2v) is 6.03. The fraction of sp³-hybridized carbons (Fsp3) is 0.444. The van der Waals surface area contributed by atoms with E-state index in [-0.39, 0.29) is 5.41 Å². The van der Waals surface area contributed by atoms with Gasteiger partial charge in [0.1, 0.15) is 0 Å². The number of nitrogens with two attached hydrogens (primary N) is 2. The van der Waals surface area contributed by atoms with Crippen LogP contribution in [0.2, 0.25) is 0 Å². The maximum atomic E-state index is 6.46. The van der Waals surface area contributed by atoms with E-state index < -0.39 is 5.66 Å². The lowest BCUT2D eigenvalue weighted by molar-refractivity contribution is 0.201. The third-order valence-corrected chi connectivity index (χ3v) is 4.89. The predicted octanol–water partition coefficient (Wildman–Crippen LogP) is 3.76. The summed E-state index contributed by atoms with van der Waals surface area (Å²) in [5, 5.41) is 0. The highest BCUT2D eigenvalue weighted by atomic mass is 15.0. The Labute approximate surface area is 122 Å². The maximum Gasteiger partial charge on any atom is 0.0952 e. The fourth-order valence-corrected chi connectivity index (χ4v) is 3.23. The summed E-state index contributed by atoms with van der Waals surface area (Å²) in [6.07, 6.45) is 6.31. The topological polar surface area (TPSA) is 52.0 Å². The number of hydrogen-bond acceptors (Lipinski definition) is 2. The summed E-state index contributed by atoms with van der Waals surface area (Å²) < 4.78 is 0. The maximum absolute atomic E-state index is 6.46. The molecule has 4 N–H and O–H groups in total. The standard InChI is InChI=1S/C18H26N2/c1-5-17(6-2)12-16(11-14(4)18(17,19)20)15-9-7-8-13(3)10-15/h7-12H,5-6,19-20H2,1-4H3. The van der Waals surface area contributed by atoms with Crippen molar-refractivity contribution in [1.82, 2.24) is 0 Å². The molecule has 20 heavy (non-hydrogen) atoms. The Hall–Kier alpha value is -1.38. The molecule has 0 unspecified atom stereocenters. The first-order valence-electron chi connectivity index (χ1n) is 7.42. The van der Waals surface area contributed by atoms with Gasteiger partial charge in [-0.1, -0.05) is 55.8 Å². The largest absolute Gasteiger partial charge is 0.309 e. The molecule has 0 bridgehead atoms. The Balaban J connectivity index is 2.58. The van der Waals surface area contributed by atoms with E-state index in [4.69, 9.17) is 11.5 Å². The first-order valence-corrected chi connectivity index (χ1v) is 7.42. The van der Waals surface area contributed by atoms with Crippen molar-refractivity contribution in [2.75, 3.05) is 0 Å². The van der Waals surface area contributed by atoms with Gasteiger partial charge in [0.2, 0.25) is 0 Å². The molecule has 0 spiro atoms. The van der Waals surface area contributed by atoms with Gasteiger partial charge in [0.15, 0.2) is 0 Å². The molecule has 1 aromatic rings. The summed E-state index contributed by atoms with van der Waals surface area (Å²) >= 11 is 0. The smallest absolute Gasteiger partial charge is 0.0952 e. The van der Waals surface area contributed by atoms with E-state index in [0.29, 0.717) is 0 Å². The van der Waals surface area contributed by atoms with Gasteiger partial charge in [-0.3, -0.25) is 0 Å². The lowest BCUT2D eigenvalue weighted by Crippen LogP contribution is -2.63. The molecule has 2 heteroatoms. The zero-order chi connectivity index (χ0) is 15.0. The average Bonchev–Trinajstić information content (AvgIpc) is 2.42. The summed E-state index contributed by atoms with van der Waals surface area (Å²) in [7, 11) is 0. The van der Waals surface area contributed by atoms with Gasteiger partial charge in [0.05, 0.1) is 5.66 Å². The zero-order valence-corrected chi connectivity index (χ0v) is 13.0. The van der Waals surface area contributed by atoms with E-state index in [1.807, 2.05) is 6.92 Å². The van der Waals surface area contributed by atoms with Crippen LogP contribution in [0.1, 0.15) is 44.7 Å². The average molecular weight is 270 g/mol. The summed E-state index contributed by atoms with van der Waals surface area (Å²) in [5.74, 6) is 0. The molecule has 0 atom stereocenters. The van der Waals surface area contributed by atoms with Crippen LogP contribution >= 0.6 is 0 Å². The van der Waals surface area contributed by atoms with Gasteiger partial charge >= 0.3 is 0 Å². The molecular formula is C18H26N2. The van der Waals surface area contributed by atoms with E-state index >= 15 is 0 Å². The molecular weight excluding hydrogens is 244 g/mol. The van der Waals surface area contributed by atoms with Crippen molar-refractivity contribution < 1.29 is 0 Å². The van der Waals surface area contributed by atoms with Crippen molar-refractivity contribution in [2.45, 2.75) is 46.2 Å². The third-order valence-electron chi connectivity index (χ3n) is 4.89. The third kappa shape index (κ3) is 2.23. The molecule has 1 aliphatic carbocycles. The Bertz CT molecular complexity index is 561. The van der Waals surface area contributed by atoms with Crippen molar-refractivity contribution in [2.24, 2.45) is 16.9 Å². The number of benzene rings is 1. The molecule has 1 aromatic carbocycles. The van der Waals surface area contributed by atoms with Crippen molar-refractivity contribution >= 4 is 5.57 Å². The van der Waals surface area contributed by atoms with Crippen LogP contribution in [-0.2, 0) is 0 Å². The van der Waals surface area contributed by atoms with Crippen LogP contribution in [-0.4, -0.2) is 5.66 Å². The minimum atomic E-state index is -0.760. The van der Waals surface area contributed by atoms with Gasteiger partial charge in [0, 0.05) is 5.41 Å². The van der Waals surface area contributed by atoms with Crippen LogP contribution in [0.25, 0.3) is 5.57 Å². The highest BCUT2D eigenvalue weighted by Gasteiger charge is 2.45. The highest BCUT2D eigenvalue weighted by Crippen LogP contribution is 2.45. The normalized spacial score (nSPS) is 20.3. The monoisotopic (exact) mass is 270 g/mol. The quantitative estimate of drug-likeness (QED) is 0.822. The number of rotatable bonds is 3. The lowest BCUT2D eigenvalue weighted by atomic mass is 9.64. The molecule has 108 valence electrons. The van der Waals surface area contributed by atoms with E-state index in [0.717, 1.165) is 18.4 Å². The Morgan fingerprint density at radius 2 is 1.70 bits per heavy atom. The minimum Gasteiger partial charge on any atom is -0.309 e. The number of hydrogen-bond donors (Lipinski definition) is 2. The lowest BCUT2D eigenvalue weighted by Gasteiger charge is -2.47. The van der Waals surface area contributed by atoms with Crippen LogP contribution in [0, 0.1) is 12.3 Å². The molecule has 0 amide bonds. The van der Waals surface area contributed by atoms with Crippen LogP contribution in [0.4, 0.5) is 0 Å². The van der Waals surface area contributed by atoms with Gasteiger partial charge < -0.3 is 11.5 Å². The van der Waals surface area contributed by atoms with Gasteiger partial charge in [-0.2, -0.15) is 0 Å². The molecule has 0 saturated heterocycles. The molecule has 0 heterocycles. The summed E-state index contributed by atoms with van der Waals surface area (Å²) in [6.45, 7) is 8.50. The van der Waals surface area contributed by atoms with Crippen LogP contribution in [0.5, 0.6) is 0 Å². The Morgan fingerprint density at radius 3 is 2.25 bits per heavy atom. The molecule has 0 aromatic heterocycles. The van der Waals surface area contributed by atoms with Crippen molar-refractivity contribution in [3.63, 3.8) is 0 Å². The highest BCUT2D eigenvalue weighted by molar-refractivity contribution is 5.78. The van der Waals surface area contributed by atoms with Gasteiger partial charge in [-0.25, -0.2) is 0 Å². The van der Waals surface area contributed by atoms with Crippen LogP contribution < -0.4 is 11.5 Å². The second kappa shape index (κ2) is 5.19. The van der Waals surface area contributed by atoms with Gasteiger partial charge in [0.25, 0.3) is 0 Å². The first kappa shape index (κ1) is 15.0. The SMILES string of the molecule is CCC1(CC)C=C(c2cccc(C)c2)C=C(C)C1(N)N. The Kier molecular flexibility index (Phi) is 3.90. The number of aryl methyl sites for hydroxylation is 1. The van der Waals surface area contributed by atoms with Gasteiger partial charge in [-0.05, 0) is 43.4 Å². The van der Waals surface area contributed by atoms with Crippen molar-refractivity contribution in [1.29, 1.82) is 0 Å². The van der Waals surface area contributed by atoms with E-state index in [9.17, 15) is 0 Å². The zero-order valence-electron chi connectivity index (χ0n) is 13.0. The molecule has 2 rings (SSSR count). The molecule has 0 fully saturated rings. The Morgan fingerprint density at radius 1 is 1.05 bits per heavy atom. The molecule has 0 aliphatic heterocycles. The second-order valence-electron chi connectivity index (χ2n) is 6.03. The predicted molar refractivity (Wildman–Crippen MR) is 87.0 cm³/mol. The molecule has 2 nitrogen and oxygen atoms in total. The first-order chi connectivity index (χ1) is 9.36. The van der Waals surface area contributed by atoms with E-state index in [2.05, 4.69) is 57.2 Å². The minimum absolute atomic E-state index is 0.176. The van der Waals surface area contributed by atoms with Crippen molar-refractivity contribution in [3.05, 3.63) is 53.1 Å². The molecule has 0 radical (unpaired) electrons. The molecule has 1 aliphatic rings.